The molecule has 0 saturated carbocycles. The summed E-state index contributed by atoms with van der Waals surface area (Å²) < 4.78 is 39.7. The number of aromatic nitrogens is 4. The van der Waals surface area contributed by atoms with Gasteiger partial charge in [-0.1, -0.05) is 82.8 Å². The second-order valence-corrected chi connectivity index (χ2v) is 17.6. The zero-order valence-electron chi connectivity index (χ0n) is 40.2. The number of benzene rings is 4. The first-order valence-electron chi connectivity index (χ1n) is 22.2. The molecule has 76 heavy (non-hydrogen) atoms. The van der Waals surface area contributed by atoms with Crippen LogP contribution in [0.1, 0.15) is 35.1 Å². The Morgan fingerprint density at radius 2 is 0.868 bits per heavy atom. The van der Waals surface area contributed by atoms with Gasteiger partial charge in [-0.25, -0.2) is 38.7 Å². The highest BCUT2D eigenvalue weighted by Gasteiger charge is 2.46. The molecule has 406 valence electrons. The molecule has 4 unspecified atom stereocenters. The second kappa shape index (κ2) is 29.7. The quantitative estimate of drug-likeness (QED) is 0.0570. The maximum absolute atomic E-state index is 9.10. The summed E-state index contributed by atoms with van der Waals surface area (Å²) in [6, 6.07) is 26.9. The molecule has 2 aliphatic rings. The fourth-order valence-electron chi connectivity index (χ4n) is 7.11. The molecule has 6 aromatic rings. The molecule has 0 aliphatic carbocycles. The Kier molecular flexibility index (Phi) is 24.0. The first kappa shape index (κ1) is 61.3. The van der Waals surface area contributed by atoms with E-state index >= 15 is 0 Å². The van der Waals surface area contributed by atoms with Gasteiger partial charge in [-0.2, -0.15) is 0 Å². The van der Waals surface area contributed by atoms with Crippen molar-refractivity contribution in [1.82, 2.24) is 19.1 Å². The van der Waals surface area contributed by atoms with Gasteiger partial charge < -0.3 is 68.2 Å². The van der Waals surface area contributed by atoms with Gasteiger partial charge in [0.05, 0.1) is 75.4 Å². The van der Waals surface area contributed by atoms with Crippen LogP contribution in [0.2, 0.25) is 20.1 Å². The van der Waals surface area contributed by atoms with E-state index < -0.39 is 47.4 Å². The lowest BCUT2D eigenvalue weighted by atomic mass is 10.0. The molecule has 6 N–H and O–H groups in total. The Bertz CT molecular complexity index is 2610. The molecule has 2 fully saturated rings. The third kappa shape index (κ3) is 19.1. The molecule has 2 saturated heterocycles. The number of hydrogen-bond acceptors (Lipinski definition) is 14. The van der Waals surface area contributed by atoms with E-state index in [9.17, 15) is 0 Å². The minimum absolute atomic E-state index is 0.0487. The average molecular weight is 1140 g/mol. The summed E-state index contributed by atoms with van der Waals surface area (Å²) >= 11 is 25.2. The van der Waals surface area contributed by atoms with Crippen molar-refractivity contribution in [3.05, 3.63) is 165 Å². The molecule has 4 atom stereocenters. The molecule has 26 heteroatoms. The number of hydrogen-bond donors (Lipinski definition) is 6. The zero-order chi connectivity index (χ0) is 56.0. The molecule has 2 aromatic heterocycles. The molecule has 22 nitrogen and oxygen atoms in total. The Labute approximate surface area is 453 Å². The number of aryl methyl sites for hydroxylation is 2. The van der Waals surface area contributed by atoms with Crippen molar-refractivity contribution >= 4 is 82.2 Å². The molecule has 4 aromatic carbocycles. The van der Waals surface area contributed by atoms with Crippen LogP contribution in [0.15, 0.2) is 122 Å². The fourth-order valence-corrected chi connectivity index (χ4v) is 8.22. The maximum atomic E-state index is 9.10. The van der Waals surface area contributed by atoms with Gasteiger partial charge >= 0.3 is 35.8 Å². The largest absolute Gasteiger partial charge is 0.497 e. The Morgan fingerprint density at radius 3 is 1.13 bits per heavy atom. The van der Waals surface area contributed by atoms with E-state index in [-0.39, 0.29) is 12.2 Å². The van der Waals surface area contributed by atoms with E-state index in [0.29, 0.717) is 46.4 Å². The molecular formula is C50H50Cl4N4O18. The zero-order valence-corrected chi connectivity index (χ0v) is 43.3. The van der Waals surface area contributed by atoms with Gasteiger partial charge in [0.25, 0.3) is 0 Å². The van der Waals surface area contributed by atoms with E-state index in [1.807, 2.05) is 57.9 Å². The summed E-state index contributed by atoms with van der Waals surface area (Å²) in [5.74, 6) is -11.2. The highest BCUT2D eigenvalue weighted by atomic mass is 35.5. The minimum atomic E-state index is -1.82. The normalized spacial score (nSPS) is 18.1. The van der Waals surface area contributed by atoms with Crippen LogP contribution < -0.4 is 9.47 Å². The first-order valence-corrected chi connectivity index (χ1v) is 23.7. The first-order chi connectivity index (χ1) is 36.1. The number of rotatable bonds is 14. The smallest absolute Gasteiger partial charge is 0.414 e. The van der Waals surface area contributed by atoms with E-state index in [2.05, 4.69) is 34.2 Å². The number of halogens is 4. The van der Waals surface area contributed by atoms with Gasteiger partial charge in [-0.05, 0) is 85.3 Å². The van der Waals surface area contributed by atoms with Crippen molar-refractivity contribution in [1.29, 1.82) is 0 Å². The number of methoxy groups -OCH3 is 2. The van der Waals surface area contributed by atoms with Gasteiger partial charge in [-0.15, -0.1) is 0 Å². The number of aliphatic carboxylic acids is 6. The third-order valence-electron chi connectivity index (χ3n) is 10.7. The Balaban J connectivity index is 0.000000249. The Morgan fingerprint density at radius 1 is 0.539 bits per heavy atom. The lowest BCUT2D eigenvalue weighted by molar-refractivity contribution is -0.187. The van der Waals surface area contributed by atoms with Crippen LogP contribution in [0.4, 0.5) is 0 Å². The predicted octanol–water partition coefficient (Wildman–Crippen LogP) is 7.67. The van der Waals surface area contributed by atoms with Crippen LogP contribution in [-0.2, 0) is 85.2 Å². The van der Waals surface area contributed by atoms with Gasteiger partial charge in [0.15, 0.2) is 0 Å². The predicted molar refractivity (Wildman–Crippen MR) is 271 cm³/mol. The number of ether oxygens (including phenoxy) is 6. The van der Waals surface area contributed by atoms with Gasteiger partial charge in [0.1, 0.15) is 11.5 Å². The average Bonchev–Trinajstić information content (AvgIpc) is 4.24. The molecule has 0 amide bonds. The molecular weight excluding hydrogens is 1090 g/mol. The van der Waals surface area contributed by atoms with Crippen molar-refractivity contribution in [3.8, 4) is 11.5 Å². The van der Waals surface area contributed by atoms with Crippen molar-refractivity contribution in [2.45, 2.75) is 62.6 Å². The van der Waals surface area contributed by atoms with Crippen LogP contribution in [0, 0.1) is 0 Å². The third-order valence-corrected chi connectivity index (χ3v) is 11.8. The van der Waals surface area contributed by atoms with Crippen LogP contribution in [0.5, 0.6) is 11.5 Å². The van der Waals surface area contributed by atoms with E-state index in [1.165, 1.54) is 11.1 Å². The van der Waals surface area contributed by atoms with Crippen molar-refractivity contribution in [2.24, 2.45) is 0 Å². The maximum Gasteiger partial charge on any atom is 0.414 e. The standard InChI is InChI=1S/2C22H22Cl2N2O3.3C2H2O4/c2*1-27-18-6-2-16(3-7-18)4-8-19-13-28-22(29-19,14-26-11-10-25-15-26)20-9-5-17(23)12-21(20)24;3*3-1(4)2(5)6/h2*2-3,5-7,9-12,15,19H,4,8,13-14H2,1H3;3*(H,3,4)(H,5,6). The topological polar surface area (TPSA) is 315 Å². The van der Waals surface area contributed by atoms with Gasteiger partial charge in [0, 0.05) is 46.0 Å². The SMILES string of the molecule is COc1ccc(CCC2COC(Cn3ccnc3)(c3ccc(Cl)cc3Cl)O2)cc1.COc1ccc(CCC2COC(Cn3ccnc3)(c3ccc(Cl)cc3Cl)O2)cc1.O=C(O)C(=O)O.O=C(O)C(=O)O.O=C(O)C(=O)O. The minimum Gasteiger partial charge on any atom is -0.497 e. The summed E-state index contributed by atoms with van der Waals surface area (Å²) in [7, 11) is 3.33. The summed E-state index contributed by atoms with van der Waals surface area (Å²) in [6.45, 7) is 1.88. The monoisotopic (exact) mass is 1130 g/mol. The number of imidazole rings is 2. The summed E-state index contributed by atoms with van der Waals surface area (Å²) in [4.78, 5) is 62.8. The van der Waals surface area contributed by atoms with Crippen LogP contribution in [0.3, 0.4) is 0 Å². The van der Waals surface area contributed by atoms with Gasteiger partial charge in [0.2, 0.25) is 11.6 Å². The summed E-state index contributed by atoms with van der Waals surface area (Å²) in [5, 5.41) is 46.5. The molecule has 0 radical (unpaired) electrons. The lowest BCUT2D eigenvalue weighted by Crippen LogP contribution is -2.33. The molecule has 8 rings (SSSR count). The molecule has 0 spiro atoms. The highest BCUT2D eigenvalue weighted by molar-refractivity contribution is 6.35. The van der Waals surface area contributed by atoms with E-state index in [1.54, 1.807) is 63.5 Å². The summed E-state index contributed by atoms with van der Waals surface area (Å²) in [6.07, 6.45) is 14.0. The molecule has 2 aliphatic heterocycles. The molecule has 4 heterocycles. The van der Waals surface area contributed by atoms with Gasteiger partial charge in [-0.3, -0.25) is 0 Å². The van der Waals surface area contributed by atoms with Crippen molar-refractivity contribution < 1.29 is 87.8 Å². The second-order valence-electron chi connectivity index (χ2n) is 15.9. The Hall–Kier alpha value is -7.28. The summed E-state index contributed by atoms with van der Waals surface area (Å²) in [5.41, 5.74) is 3.99. The molecule has 0 bridgehead atoms. The fraction of sp³-hybridized carbons (Fsp3) is 0.280. The number of carbonyl (C=O) groups is 6. The van der Waals surface area contributed by atoms with Crippen molar-refractivity contribution in [2.75, 3.05) is 27.4 Å². The number of carboxylic acids is 6. The number of carboxylic acid groups (broad SMARTS) is 6. The highest BCUT2D eigenvalue weighted by Crippen LogP contribution is 2.43. The lowest BCUT2D eigenvalue weighted by Gasteiger charge is -2.30. The van der Waals surface area contributed by atoms with Crippen LogP contribution in [0.25, 0.3) is 0 Å². The van der Waals surface area contributed by atoms with E-state index in [4.69, 9.17) is 134 Å². The van der Waals surface area contributed by atoms with Crippen LogP contribution in [-0.4, -0.2) is 125 Å². The van der Waals surface area contributed by atoms with Crippen LogP contribution >= 0.6 is 46.4 Å². The van der Waals surface area contributed by atoms with Crippen molar-refractivity contribution in [3.63, 3.8) is 0 Å². The van der Waals surface area contributed by atoms with E-state index in [0.717, 1.165) is 48.3 Å². The number of nitrogens with zero attached hydrogens (tertiary/aromatic N) is 4.